The van der Waals surface area contributed by atoms with Crippen LogP contribution in [0.5, 0.6) is 5.75 Å². The Balaban J connectivity index is 2.45. The lowest BCUT2D eigenvalue weighted by Crippen LogP contribution is -2.51. The molecule has 5 nitrogen and oxygen atoms in total. The zero-order valence-corrected chi connectivity index (χ0v) is 14.7. The van der Waals surface area contributed by atoms with E-state index in [2.05, 4.69) is 54.5 Å². The molecule has 0 saturated carbocycles. The van der Waals surface area contributed by atoms with E-state index in [1.165, 1.54) is 5.56 Å². The van der Waals surface area contributed by atoms with Crippen LogP contribution in [0.1, 0.15) is 19.4 Å². The molecule has 2 N–H and O–H groups in total. The molecule has 5 heteroatoms. The standard InChI is InChI=1S/C17H30N4O/c1-17(2,21(4)5)13-20-16(18-3)19-12-11-14-9-7-8-10-15(14)22-6/h7-10H,11-13H2,1-6H3,(H2,18,19,20). The van der Waals surface area contributed by atoms with Crippen molar-refractivity contribution in [2.24, 2.45) is 4.99 Å². The molecule has 0 unspecified atom stereocenters. The number of aliphatic imine (C=N–C) groups is 1. The molecule has 0 aliphatic heterocycles. The maximum atomic E-state index is 5.37. The van der Waals surface area contributed by atoms with Crippen LogP contribution in [0.15, 0.2) is 29.3 Å². The van der Waals surface area contributed by atoms with Crippen molar-refractivity contribution < 1.29 is 4.74 Å². The first-order chi connectivity index (χ1) is 10.4. The second kappa shape index (κ2) is 8.63. The van der Waals surface area contributed by atoms with Gasteiger partial charge in [0.15, 0.2) is 5.96 Å². The molecule has 1 rings (SSSR count). The Kier molecular flexibility index (Phi) is 7.18. The van der Waals surface area contributed by atoms with E-state index in [1.807, 2.05) is 18.2 Å². The van der Waals surface area contributed by atoms with Gasteiger partial charge in [0.05, 0.1) is 7.11 Å². The van der Waals surface area contributed by atoms with E-state index in [0.717, 1.165) is 31.2 Å². The third-order valence-electron chi connectivity index (χ3n) is 4.00. The van der Waals surface area contributed by atoms with E-state index >= 15 is 0 Å². The van der Waals surface area contributed by atoms with Gasteiger partial charge in [0.2, 0.25) is 0 Å². The number of nitrogens with one attached hydrogen (secondary N) is 2. The van der Waals surface area contributed by atoms with Crippen LogP contribution in [0.2, 0.25) is 0 Å². The summed E-state index contributed by atoms with van der Waals surface area (Å²) >= 11 is 0. The molecule has 22 heavy (non-hydrogen) atoms. The van der Waals surface area contributed by atoms with E-state index in [1.54, 1.807) is 14.2 Å². The summed E-state index contributed by atoms with van der Waals surface area (Å²) in [5.41, 5.74) is 1.27. The quantitative estimate of drug-likeness (QED) is 0.595. The van der Waals surface area contributed by atoms with Crippen LogP contribution in [0.25, 0.3) is 0 Å². The first kappa shape index (κ1) is 18.3. The van der Waals surface area contributed by atoms with E-state index < -0.39 is 0 Å². The SMILES string of the molecule is CN=C(NCCc1ccccc1OC)NCC(C)(C)N(C)C. The lowest BCUT2D eigenvalue weighted by molar-refractivity contribution is 0.197. The van der Waals surface area contributed by atoms with Crippen molar-refractivity contribution >= 4 is 5.96 Å². The second-order valence-corrected chi connectivity index (χ2v) is 6.12. The average Bonchev–Trinajstić information content (AvgIpc) is 2.50. The van der Waals surface area contributed by atoms with Crippen molar-refractivity contribution in [1.82, 2.24) is 15.5 Å². The van der Waals surface area contributed by atoms with Crippen molar-refractivity contribution in [3.05, 3.63) is 29.8 Å². The summed E-state index contributed by atoms with van der Waals surface area (Å²) in [4.78, 5) is 6.47. The predicted molar refractivity (Wildman–Crippen MR) is 93.8 cm³/mol. The fourth-order valence-electron chi connectivity index (χ4n) is 1.90. The molecule has 0 aliphatic carbocycles. The van der Waals surface area contributed by atoms with E-state index in [-0.39, 0.29) is 5.54 Å². The molecule has 0 aliphatic rings. The van der Waals surface area contributed by atoms with Crippen molar-refractivity contribution in [3.8, 4) is 5.75 Å². The Morgan fingerprint density at radius 2 is 1.91 bits per heavy atom. The molecule has 1 aromatic rings. The first-order valence-electron chi connectivity index (χ1n) is 7.64. The summed E-state index contributed by atoms with van der Waals surface area (Å²) in [6.45, 7) is 6.03. The molecule has 0 fully saturated rings. The zero-order valence-electron chi connectivity index (χ0n) is 14.7. The normalized spacial score (nSPS) is 12.4. The Bertz CT molecular complexity index is 483. The Hall–Kier alpha value is -1.75. The number of benzene rings is 1. The lowest BCUT2D eigenvalue weighted by Gasteiger charge is -2.33. The number of guanidine groups is 1. The van der Waals surface area contributed by atoms with Gasteiger partial charge in [-0.1, -0.05) is 18.2 Å². The van der Waals surface area contributed by atoms with Gasteiger partial charge in [0, 0.05) is 25.7 Å². The number of hydrogen-bond donors (Lipinski definition) is 2. The van der Waals surface area contributed by atoms with Crippen LogP contribution in [0.3, 0.4) is 0 Å². The summed E-state index contributed by atoms with van der Waals surface area (Å²) in [5.74, 6) is 1.76. The average molecular weight is 306 g/mol. The third kappa shape index (κ3) is 5.56. The topological polar surface area (TPSA) is 48.9 Å². The number of rotatable bonds is 7. The van der Waals surface area contributed by atoms with Gasteiger partial charge in [-0.25, -0.2) is 0 Å². The minimum Gasteiger partial charge on any atom is -0.496 e. The van der Waals surface area contributed by atoms with Crippen molar-refractivity contribution in [2.75, 3.05) is 41.3 Å². The summed E-state index contributed by atoms with van der Waals surface area (Å²) in [6, 6.07) is 8.10. The van der Waals surface area contributed by atoms with Gasteiger partial charge in [-0.2, -0.15) is 0 Å². The maximum Gasteiger partial charge on any atom is 0.191 e. The number of nitrogens with zero attached hydrogens (tertiary/aromatic N) is 2. The molecule has 124 valence electrons. The highest BCUT2D eigenvalue weighted by molar-refractivity contribution is 5.79. The van der Waals surface area contributed by atoms with E-state index in [4.69, 9.17) is 4.74 Å². The Morgan fingerprint density at radius 3 is 2.50 bits per heavy atom. The highest BCUT2D eigenvalue weighted by Crippen LogP contribution is 2.17. The van der Waals surface area contributed by atoms with Gasteiger partial charge in [-0.05, 0) is 46.0 Å². The number of para-hydroxylation sites is 1. The van der Waals surface area contributed by atoms with Crippen LogP contribution < -0.4 is 15.4 Å². The molecular formula is C17H30N4O. The minimum atomic E-state index is 0.0697. The maximum absolute atomic E-state index is 5.37. The first-order valence-corrected chi connectivity index (χ1v) is 7.64. The zero-order chi connectivity index (χ0) is 16.6. The molecule has 0 spiro atoms. The molecule has 0 heterocycles. The molecule has 0 bridgehead atoms. The van der Waals surface area contributed by atoms with Crippen LogP contribution in [0, 0.1) is 0 Å². The second-order valence-electron chi connectivity index (χ2n) is 6.12. The number of methoxy groups -OCH3 is 1. The number of ether oxygens (including phenoxy) is 1. The Labute approximate surface area is 134 Å². The Morgan fingerprint density at radius 1 is 1.23 bits per heavy atom. The molecule has 1 aromatic carbocycles. The number of likely N-dealkylation sites (N-methyl/N-ethyl adjacent to an activating group) is 1. The molecule has 0 radical (unpaired) electrons. The van der Waals surface area contributed by atoms with Crippen LogP contribution in [0.4, 0.5) is 0 Å². The van der Waals surface area contributed by atoms with Gasteiger partial charge < -0.3 is 20.3 Å². The van der Waals surface area contributed by atoms with Crippen LogP contribution in [-0.4, -0.2) is 57.7 Å². The van der Waals surface area contributed by atoms with Crippen LogP contribution >= 0.6 is 0 Å². The minimum absolute atomic E-state index is 0.0697. The fourth-order valence-corrected chi connectivity index (χ4v) is 1.90. The van der Waals surface area contributed by atoms with Crippen LogP contribution in [-0.2, 0) is 6.42 Å². The van der Waals surface area contributed by atoms with Crippen molar-refractivity contribution in [1.29, 1.82) is 0 Å². The highest BCUT2D eigenvalue weighted by Gasteiger charge is 2.20. The predicted octanol–water partition coefficient (Wildman–Crippen LogP) is 1.74. The summed E-state index contributed by atoms with van der Waals surface area (Å²) in [5, 5.41) is 6.72. The summed E-state index contributed by atoms with van der Waals surface area (Å²) in [7, 11) is 7.66. The molecule has 0 saturated heterocycles. The highest BCUT2D eigenvalue weighted by atomic mass is 16.5. The van der Waals surface area contributed by atoms with Gasteiger partial charge in [0.1, 0.15) is 5.75 Å². The van der Waals surface area contributed by atoms with Gasteiger partial charge in [-0.15, -0.1) is 0 Å². The third-order valence-corrected chi connectivity index (χ3v) is 4.00. The molecule has 0 amide bonds. The lowest BCUT2D eigenvalue weighted by atomic mass is 10.0. The fraction of sp³-hybridized carbons (Fsp3) is 0.588. The van der Waals surface area contributed by atoms with Gasteiger partial charge in [-0.3, -0.25) is 4.99 Å². The molecule has 0 aromatic heterocycles. The van der Waals surface area contributed by atoms with Crippen molar-refractivity contribution in [2.45, 2.75) is 25.8 Å². The molecular weight excluding hydrogens is 276 g/mol. The smallest absolute Gasteiger partial charge is 0.191 e. The van der Waals surface area contributed by atoms with E-state index in [0.29, 0.717) is 0 Å². The van der Waals surface area contributed by atoms with Gasteiger partial charge >= 0.3 is 0 Å². The largest absolute Gasteiger partial charge is 0.496 e. The summed E-state index contributed by atoms with van der Waals surface area (Å²) in [6.07, 6.45) is 0.891. The van der Waals surface area contributed by atoms with Crippen molar-refractivity contribution in [3.63, 3.8) is 0 Å². The number of hydrogen-bond acceptors (Lipinski definition) is 3. The van der Waals surface area contributed by atoms with Gasteiger partial charge in [0.25, 0.3) is 0 Å². The summed E-state index contributed by atoms with van der Waals surface area (Å²) < 4.78 is 5.37. The van der Waals surface area contributed by atoms with E-state index in [9.17, 15) is 0 Å². The molecule has 0 atom stereocenters. The monoisotopic (exact) mass is 306 g/mol.